The molecule has 60 valence electrons. The van der Waals surface area contributed by atoms with E-state index < -0.39 is 5.92 Å². The zero-order valence-corrected chi connectivity index (χ0v) is 6.34. The number of nitrogens with one attached hydrogen (secondary N) is 2. The van der Waals surface area contributed by atoms with Crippen molar-refractivity contribution in [1.29, 1.82) is 0 Å². The minimum absolute atomic E-state index is 0.220. The number of carbonyl (C=O) groups excluding carboxylic acids is 2. The first kappa shape index (κ1) is 7.71. The quantitative estimate of drug-likeness (QED) is 0.434. The number of hydrogen-bond donors (Lipinski definition) is 2. The van der Waals surface area contributed by atoms with E-state index in [1.165, 1.54) is 14.0 Å². The molecule has 0 aromatic carbocycles. The van der Waals surface area contributed by atoms with E-state index in [0.717, 1.165) is 0 Å². The smallest absolute Gasteiger partial charge is 0.238 e. The Labute approximate surface area is 63.9 Å². The van der Waals surface area contributed by atoms with Crippen molar-refractivity contribution in [2.24, 2.45) is 10.9 Å². The maximum Gasteiger partial charge on any atom is 0.238 e. The largest absolute Gasteiger partial charge is 0.296 e. The zero-order chi connectivity index (χ0) is 8.43. The van der Waals surface area contributed by atoms with Gasteiger partial charge >= 0.3 is 0 Å². The molecule has 0 radical (unpaired) electrons. The molecule has 1 heterocycles. The number of carbonyl (C=O) groups is 2. The van der Waals surface area contributed by atoms with Crippen molar-refractivity contribution in [2.75, 3.05) is 7.05 Å². The molecule has 0 aromatic rings. The predicted octanol–water partition coefficient (Wildman–Crippen LogP) is -1.15. The van der Waals surface area contributed by atoms with Crippen LogP contribution in [0.4, 0.5) is 0 Å². The van der Waals surface area contributed by atoms with Crippen LogP contribution in [0.2, 0.25) is 0 Å². The molecule has 1 saturated heterocycles. The van der Waals surface area contributed by atoms with Gasteiger partial charge in [-0.3, -0.25) is 25.2 Å². The molecule has 0 saturated carbocycles. The lowest BCUT2D eigenvalue weighted by molar-refractivity contribution is -0.134. The molecule has 0 spiro atoms. The van der Waals surface area contributed by atoms with Gasteiger partial charge in [-0.25, -0.2) is 0 Å². The molecule has 1 aliphatic heterocycles. The Morgan fingerprint density at radius 2 is 1.73 bits per heavy atom. The molecular formula is C6H9N3O2. The number of rotatable bonds is 0. The summed E-state index contributed by atoms with van der Waals surface area (Å²) in [4.78, 5) is 25.5. The van der Waals surface area contributed by atoms with E-state index in [1.807, 2.05) is 0 Å². The molecule has 0 atom stereocenters. The summed E-state index contributed by atoms with van der Waals surface area (Å²) in [7, 11) is 1.49. The van der Waals surface area contributed by atoms with Crippen molar-refractivity contribution < 1.29 is 9.59 Å². The Morgan fingerprint density at radius 3 is 2.09 bits per heavy atom. The van der Waals surface area contributed by atoms with E-state index in [1.54, 1.807) is 0 Å². The number of hydrogen-bond acceptors (Lipinski definition) is 3. The van der Waals surface area contributed by atoms with Gasteiger partial charge in [-0.05, 0) is 6.92 Å². The molecule has 5 heteroatoms. The highest BCUT2D eigenvalue weighted by atomic mass is 16.2. The summed E-state index contributed by atoms with van der Waals surface area (Å²) in [6.07, 6.45) is 0. The van der Waals surface area contributed by atoms with Crippen LogP contribution in [0.15, 0.2) is 4.99 Å². The average Bonchev–Trinajstić information content (AvgIpc) is 1.99. The van der Waals surface area contributed by atoms with Crippen molar-refractivity contribution >= 4 is 17.8 Å². The zero-order valence-electron chi connectivity index (χ0n) is 6.34. The van der Waals surface area contributed by atoms with Crippen LogP contribution < -0.4 is 10.6 Å². The SMILES string of the molecule is CN=C1NC(=O)C(C)C(=O)N1. The number of nitrogens with zero attached hydrogens (tertiary/aromatic N) is 1. The molecular weight excluding hydrogens is 146 g/mol. The van der Waals surface area contributed by atoms with E-state index in [-0.39, 0.29) is 17.8 Å². The average molecular weight is 155 g/mol. The summed E-state index contributed by atoms with van der Waals surface area (Å²) in [6, 6.07) is 0. The van der Waals surface area contributed by atoms with Gasteiger partial charge < -0.3 is 0 Å². The van der Waals surface area contributed by atoms with Crippen LogP contribution >= 0.6 is 0 Å². The van der Waals surface area contributed by atoms with E-state index in [9.17, 15) is 9.59 Å². The third-order valence-electron chi connectivity index (χ3n) is 1.49. The fourth-order valence-corrected chi connectivity index (χ4v) is 0.712. The van der Waals surface area contributed by atoms with E-state index in [4.69, 9.17) is 0 Å². The van der Waals surface area contributed by atoms with Gasteiger partial charge in [0.25, 0.3) is 0 Å². The van der Waals surface area contributed by atoms with E-state index >= 15 is 0 Å². The van der Waals surface area contributed by atoms with Gasteiger partial charge in [0, 0.05) is 7.05 Å². The summed E-state index contributed by atoms with van der Waals surface area (Å²) in [5, 5.41) is 4.85. The molecule has 0 aromatic heterocycles. The second kappa shape index (κ2) is 2.69. The van der Waals surface area contributed by atoms with Gasteiger partial charge in [-0.1, -0.05) is 0 Å². The van der Waals surface area contributed by atoms with Crippen LogP contribution in [0, 0.1) is 5.92 Å². The first-order valence-electron chi connectivity index (χ1n) is 3.23. The fraction of sp³-hybridized carbons (Fsp3) is 0.500. The van der Waals surface area contributed by atoms with Crippen LogP contribution in [0.1, 0.15) is 6.92 Å². The molecule has 0 unspecified atom stereocenters. The van der Waals surface area contributed by atoms with Crippen molar-refractivity contribution in [1.82, 2.24) is 10.6 Å². The molecule has 2 amide bonds. The number of aliphatic imine (C=N–C) groups is 1. The third kappa shape index (κ3) is 1.36. The molecule has 1 rings (SSSR count). The molecule has 1 aliphatic rings. The number of guanidine groups is 1. The van der Waals surface area contributed by atoms with Crippen molar-refractivity contribution in [3.05, 3.63) is 0 Å². The Kier molecular flexibility index (Phi) is 1.89. The number of amides is 2. The summed E-state index contributed by atoms with van der Waals surface area (Å²) in [5.41, 5.74) is 0. The van der Waals surface area contributed by atoms with Crippen LogP contribution in [-0.4, -0.2) is 24.8 Å². The van der Waals surface area contributed by atoms with E-state index in [0.29, 0.717) is 0 Å². The van der Waals surface area contributed by atoms with Gasteiger partial charge in [0.15, 0.2) is 0 Å². The van der Waals surface area contributed by atoms with Crippen LogP contribution in [0.25, 0.3) is 0 Å². The lowest BCUT2D eigenvalue weighted by Gasteiger charge is -2.19. The highest BCUT2D eigenvalue weighted by Crippen LogP contribution is 1.98. The van der Waals surface area contributed by atoms with Gasteiger partial charge in [-0.2, -0.15) is 0 Å². The molecule has 1 fully saturated rings. The van der Waals surface area contributed by atoms with Gasteiger partial charge in [0.1, 0.15) is 5.92 Å². The Morgan fingerprint density at radius 1 is 1.27 bits per heavy atom. The predicted molar refractivity (Wildman–Crippen MR) is 38.8 cm³/mol. The first-order chi connectivity index (χ1) is 5.15. The summed E-state index contributed by atoms with van der Waals surface area (Å²) >= 11 is 0. The normalized spacial score (nSPS) is 24.2. The molecule has 0 aliphatic carbocycles. The van der Waals surface area contributed by atoms with Crippen molar-refractivity contribution in [2.45, 2.75) is 6.92 Å². The Bertz CT molecular complexity index is 214. The summed E-state index contributed by atoms with van der Waals surface area (Å²) < 4.78 is 0. The second-order valence-corrected chi connectivity index (χ2v) is 2.27. The molecule has 11 heavy (non-hydrogen) atoms. The van der Waals surface area contributed by atoms with Crippen LogP contribution in [0.5, 0.6) is 0 Å². The van der Waals surface area contributed by atoms with Crippen LogP contribution in [0.3, 0.4) is 0 Å². The molecule has 2 N–H and O–H groups in total. The topological polar surface area (TPSA) is 70.6 Å². The van der Waals surface area contributed by atoms with Gasteiger partial charge in [0.2, 0.25) is 17.8 Å². The minimum atomic E-state index is -0.625. The monoisotopic (exact) mass is 155 g/mol. The maximum atomic E-state index is 10.9. The summed E-state index contributed by atoms with van der Waals surface area (Å²) in [5.74, 6) is -1.03. The highest BCUT2D eigenvalue weighted by molar-refractivity contribution is 6.17. The Hall–Kier alpha value is -1.39. The van der Waals surface area contributed by atoms with Crippen molar-refractivity contribution in [3.8, 4) is 0 Å². The highest BCUT2D eigenvalue weighted by Gasteiger charge is 2.28. The van der Waals surface area contributed by atoms with Gasteiger partial charge in [-0.15, -0.1) is 0 Å². The second-order valence-electron chi connectivity index (χ2n) is 2.27. The third-order valence-corrected chi connectivity index (χ3v) is 1.49. The maximum absolute atomic E-state index is 10.9. The van der Waals surface area contributed by atoms with E-state index in [2.05, 4.69) is 15.6 Å². The fourth-order valence-electron chi connectivity index (χ4n) is 0.712. The first-order valence-corrected chi connectivity index (χ1v) is 3.23. The summed E-state index contributed by atoms with van der Waals surface area (Å²) in [6.45, 7) is 1.54. The standard InChI is InChI=1S/C6H9N3O2/c1-3-4(10)8-6(7-2)9-5(3)11/h3H,1-2H3,(H2,7,8,9,10,11). The molecule has 0 bridgehead atoms. The Balaban J connectivity index is 2.78. The minimum Gasteiger partial charge on any atom is -0.296 e. The lowest BCUT2D eigenvalue weighted by Crippen LogP contribution is -2.55. The van der Waals surface area contributed by atoms with Crippen LogP contribution in [-0.2, 0) is 9.59 Å². The van der Waals surface area contributed by atoms with Gasteiger partial charge in [0.05, 0.1) is 0 Å². The molecule has 5 nitrogen and oxygen atoms in total. The van der Waals surface area contributed by atoms with Crippen molar-refractivity contribution in [3.63, 3.8) is 0 Å². The lowest BCUT2D eigenvalue weighted by atomic mass is 10.1.